The Bertz CT molecular complexity index is 485. The summed E-state index contributed by atoms with van der Waals surface area (Å²) in [4.78, 5) is 23.0. The summed E-state index contributed by atoms with van der Waals surface area (Å²) in [5.74, 6) is 0. The molecular formula is C11H16N2O4. The predicted molar refractivity (Wildman–Crippen MR) is 60.9 cm³/mol. The Morgan fingerprint density at radius 1 is 1.24 bits per heavy atom. The molecule has 0 amide bonds. The molecule has 1 aromatic heterocycles. The lowest BCUT2D eigenvalue weighted by molar-refractivity contribution is -0.182. The monoisotopic (exact) mass is 240 g/mol. The van der Waals surface area contributed by atoms with Crippen LogP contribution in [0, 0.1) is 0 Å². The topological polar surface area (TPSA) is 62.5 Å². The van der Waals surface area contributed by atoms with Crippen LogP contribution in [0.3, 0.4) is 0 Å². The number of aromatic nitrogens is 2. The normalized spacial score (nSPS) is 17.2. The molecule has 2 rings (SSSR count). The molecule has 2 heterocycles. The van der Waals surface area contributed by atoms with Crippen molar-refractivity contribution in [1.29, 1.82) is 0 Å². The smallest absolute Gasteiger partial charge is 0.316 e. The van der Waals surface area contributed by atoms with Crippen molar-refractivity contribution in [2.45, 2.75) is 25.7 Å². The van der Waals surface area contributed by atoms with Crippen LogP contribution in [0.4, 0.5) is 0 Å². The average Bonchev–Trinajstić information content (AvgIpc) is 2.36. The summed E-state index contributed by atoms with van der Waals surface area (Å²) in [6, 6.07) is 0. The van der Waals surface area contributed by atoms with Crippen LogP contribution in [0.5, 0.6) is 0 Å². The van der Waals surface area contributed by atoms with E-state index in [1.54, 1.807) is 19.4 Å². The van der Waals surface area contributed by atoms with E-state index in [1.165, 1.54) is 9.13 Å². The van der Waals surface area contributed by atoms with Gasteiger partial charge in [-0.05, 0) is 6.42 Å². The molecule has 94 valence electrons. The van der Waals surface area contributed by atoms with Gasteiger partial charge in [0, 0.05) is 32.4 Å². The van der Waals surface area contributed by atoms with E-state index in [1.807, 2.05) is 0 Å². The van der Waals surface area contributed by atoms with Crippen molar-refractivity contribution in [3.63, 3.8) is 0 Å². The maximum Gasteiger partial charge on any atom is 0.316 e. The molecule has 6 heteroatoms. The van der Waals surface area contributed by atoms with E-state index in [2.05, 4.69) is 0 Å². The van der Waals surface area contributed by atoms with Crippen LogP contribution in [0.2, 0.25) is 0 Å². The van der Waals surface area contributed by atoms with Gasteiger partial charge in [-0.1, -0.05) is 0 Å². The molecule has 17 heavy (non-hydrogen) atoms. The van der Waals surface area contributed by atoms with Crippen LogP contribution in [0.15, 0.2) is 22.0 Å². The highest BCUT2D eigenvalue weighted by Gasteiger charge is 2.14. The molecule has 0 spiro atoms. The minimum atomic E-state index is -0.516. The zero-order valence-corrected chi connectivity index (χ0v) is 9.80. The number of hydrogen-bond donors (Lipinski definition) is 0. The molecule has 1 fully saturated rings. The Labute approximate surface area is 98.4 Å². The summed E-state index contributed by atoms with van der Waals surface area (Å²) in [5, 5.41) is 0. The second kappa shape index (κ2) is 5.29. The first-order chi connectivity index (χ1) is 8.18. The molecule has 1 saturated heterocycles. The van der Waals surface area contributed by atoms with Crippen LogP contribution in [0.25, 0.3) is 0 Å². The van der Waals surface area contributed by atoms with E-state index in [4.69, 9.17) is 9.47 Å². The predicted octanol–water partition coefficient (Wildman–Crippen LogP) is -0.300. The van der Waals surface area contributed by atoms with Gasteiger partial charge in [-0.3, -0.25) is 9.59 Å². The van der Waals surface area contributed by atoms with Gasteiger partial charge < -0.3 is 18.6 Å². The third-order valence-corrected chi connectivity index (χ3v) is 2.74. The van der Waals surface area contributed by atoms with E-state index in [0.29, 0.717) is 26.2 Å². The largest absolute Gasteiger partial charge is 0.353 e. The first-order valence-electron chi connectivity index (χ1n) is 5.68. The molecule has 0 unspecified atom stereocenters. The molecule has 6 nitrogen and oxygen atoms in total. The van der Waals surface area contributed by atoms with E-state index >= 15 is 0 Å². The van der Waals surface area contributed by atoms with Gasteiger partial charge in [0.25, 0.3) is 0 Å². The molecule has 1 aromatic rings. The van der Waals surface area contributed by atoms with Crippen molar-refractivity contribution in [2.75, 3.05) is 13.2 Å². The maximum atomic E-state index is 11.6. The number of aryl methyl sites for hydroxylation is 2. The lowest BCUT2D eigenvalue weighted by Crippen LogP contribution is -2.40. The zero-order chi connectivity index (χ0) is 12.3. The van der Waals surface area contributed by atoms with Gasteiger partial charge in [0.15, 0.2) is 6.29 Å². The van der Waals surface area contributed by atoms with Gasteiger partial charge >= 0.3 is 11.1 Å². The number of hydrogen-bond acceptors (Lipinski definition) is 4. The van der Waals surface area contributed by atoms with Crippen LogP contribution < -0.4 is 11.1 Å². The molecule has 0 radical (unpaired) electrons. The Balaban J connectivity index is 2.02. The highest BCUT2D eigenvalue weighted by molar-refractivity contribution is 4.84. The molecule has 0 atom stereocenters. The summed E-state index contributed by atoms with van der Waals surface area (Å²) >= 11 is 0. The lowest BCUT2D eigenvalue weighted by Gasteiger charge is -2.23. The Kier molecular flexibility index (Phi) is 3.75. The Morgan fingerprint density at radius 3 is 2.65 bits per heavy atom. The number of rotatable bonds is 3. The first-order valence-corrected chi connectivity index (χ1v) is 5.68. The SMILES string of the molecule is Cn1ccn(CCC2OCCCO2)c(=O)c1=O. The first kappa shape index (κ1) is 12.1. The Hall–Kier alpha value is -1.40. The summed E-state index contributed by atoms with van der Waals surface area (Å²) in [6.07, 6.45) is 4.40. The minimum absolute atomic E-state index is 0.264. The summed E-state index contributed by atoms with van der Waals surface area (Å²) in [5.41, 5.74) is -1.02. The molecule has 0 N–H and O–H groups in total. The molecule has 0 aliphatic carbocycles. The lowest BCUT2D eigenvalue weighted by atomic mass is 10.3. The summed E-state index contributed by atoms with van der Waals surface area (Å²) in [6.45, 7) is 1.81. The zero-order valence-electron chi connectivity index (χ0n) is 9.80. The fourth-order valence-corrected chi connectivity index (χ4v) is 1.71. The fourth-order valence-electron chi connectivity index (χ4n) is 1.71. The van der Waals surface area contributed by atoms with Gasteiger partial charge in [-0.15, -0.1) is 0 Å². The minimum Gasteiger partial charge on any atom is -0.353 e. The quantitative estimate of drug-likeness (QED) is 0.680. The van der Waals surface area contributed by atoms with Crippen molar-refractivity contribution in [2.24, 2.45) is 7.05 Å². The van der Waals surface area contributed by atoms with Crippen molar-refractivity contribution >= 4 is 0 Å². The number of nitrogens with zero attached hydrogens (tertiary/aromatic N) is 2. The third-order valence-electron chi connectivity index (χ3n) is 2.74. The van der Waals surface area contributed by atoms with Gasteiger partial charge in [0.2, 0.25) is 0 Å². The van der Waals surface area contributed by atoms with Gasteiger partial charge in [-0.2, -0.15) is 0 Å². The second-order valence-corrected chi connectivity index (χ2v) is 4.03. The summed E-state index contributed by atoms with van der Waals surface area (Å²) < 4.78 is 13.4. The van der Waals surface area contributed by atoms with E-state index < -0.39 is 11.1 Å². The Morgan fingerprint density at radius 2 is 1.94 bits per heavy atom. The van der Waals surface area contributed by atoms with Crippen molar-refractivity contribution in [1.82, 2.24) is 9.13 Å². The van der Waals surface area contributed by atoms with Crippen LogP contribution >= 0.6 is 0 Å². The maximum absolute atomic E-state index is 11.6. The van der Waals surface area contributed by atoms with Crippen molar-refractivity contribution in [3.05, 3.63) is 33.1 Å². The molecule has 0 aromatic carbocycles. The molecule has 0 saturated carbocycles. The van der Waals surface area contributed by atoms with Gasteiger partial charge in [-0.25, -0.2) is 0 Å². The van der Waals surface area contributed by atoms with Crippen molar-refractivity contribution in [3.8, 4) is 0 Å². The highest BCUT2D eigenvalue weighted by atomic mass is 16.7. The highest BCUT2D eigenvalue weighted by Crippen LogP contribution is 2.08. The standard InChI is InChI=1S/C11H16N2O4/c1-12-5-6-13(11(15)10(12)14)4-3-9-16-7-2-8-17-9/h5-6,9H,2-4,7-8H2,1H3. The van der Waals surface area contributed by atoms with Gasteiger partial charge in [0.1, 0.15) is 0 Å². The molecule has 1 aliphatic rings. The van der Waals surface area contributed by atoms with E-state index in [-0.39, 0.29) is 6.29 Å². The van der Waals surface area contributed by atoms with Crippen LogP contribution in [0.1, 0.15) is 12.8 Å². The fraction of sp³-hybridized carbons (Fsp3) is 0.636. The number of ether oxygens (including phenoxy) is 2. The van der Waals surface area contributed by atoms with Crippen molar-refractivity contribution < 1.29 is 9.47 Å². The van der Waals surface area contributed by atoms with E-state index in [0.717, 1.165) is 6.42 Å². The van der Waals surface area contributed by atoms with Crippen LogP contribution in [-0.4, -0.2) is 28.6 Å². The van der Waals surface area contributed by atoms with E-state index in [9.17, 15) is 9.59 Å². The third kappa shape index (κ3) is 2.83. The molecular weight excluding hydrogens is 224 g/mol. The summed E-state index contributed by atoms with van der Waals surface area (Å²) in [7, 11) is 1.56. The molecule has 1 aliphatic heterocycles. The van der Waals surface area contributed by atoms with Gasteiger partial charge in [0.05, 0.1) is 13.2 Å². The average molecular weight is 240 g/mol. The second-order valence-electron chi connectivity index (χ2n) is 4.03. The molecule has 0 bridgehead atoms. The van der Waals surface area contributed by atoms with Crippen LogP contribution in [-0.2, 0) is 23.1 Å².